The number of aryl methyl sites for hydroxylation is 2. The fourth-order valence-electron chi connectivity index (χ4n) is 15.0. The fourth-order valence-corrected chi connectivity index (χ4v) is 17.6. The molecule has 0 spiro atoms. The number of ether oxygens (including phenoxy) is 2. The molecular weight excluding hydrogens is 1690 g/mol. The van der Waals surface area contributed by atoms with Crippen molar-refractivity contribution in [1.82, 2.24) is 77.8 Å². The van der Waals surface area contributed by atoms with Gasteiger partial charge in [0.1, 0.15) is 36.6 Å². The predicted octanol–water partition coefficient (Wildman–Crippen LogP) is 10.5. The number of nitrogens with zero attached hydrogens (tertiary/aromatic N) is 17. The van der Waals surface area contributed by atoms with Crippen LogP contribution in [0.2, 0.25) is 0 Å². The van der Waals surface area contributed by atoms with E-state index in [9.17, 15) is 54.3 Å². The van der Waals surface area contributed by atoms with Crippen LogP contribution in [0.3, 0.4) is 0 Å². The van der Waals surface area contributed by atoms with E-state index in [0.29, 0.717) is 91.4 Å². The maximum atomic E-state index is 13.4. The Bertz CT molecular complexity index is 5260. The van der Waals surface area contributed by atoms with Crippen molar-refractivity contribution in [3.63, 3.8) is 0 Å². The largest absolute Gasteiger partial charge is 0.481 e. The summed E-state index contributed by atoms with van der Waals surface area (Å²) in [6.45, 7) is 12.9. The number of carbonyl (C=O) groups excluding carboxylic acids is 3. The summed E-state index contributed by atoms with van der Waals surface area (Å²) >= 11 is 0. The Morgan fingerprint density at radius 1 is 0.500 bits per heavy atom. The minimum Gasteiger partial charge on any atom is -0.481 e. The Labute approximate surface area is 672 Å². The number of benzene rings is 2. The van der Waals surface area contributed by atoms with Crippen molar-refractivity contribution in [2.45, 2.75) is 152 Å². The number of esters is 2. The van der Waals surface area contributed by atoms with Gasteiger partial charge in [-0.25, -0.2) is 84.7 Å². The molecule has 7 aliphatic rings. The number of Topliss-reactive ketones (excluding diaryl/α,β-unsaturated/α-hetero) is 1. The summed E-state index contributed by atoms with van der Waals surface area (Å²) in [5.74, 6) is -1.63. The molecule has 3 aliphatic carbocycles. The number of fused-ring (bicyclic) bond motifs is 4. The Morgan fingerprint density at radius 2 is 0.886 bits per heavy atom. The Morgan fingerprint density at radius 3 is 1.33 bits per heavy atom. The van der Waals surface area contributed by atoms with Crippen molar-refractivity contribution >= 4 is 111 Å². The number of anilines is 4. The van der Waals surface area contributed by atoms with E-state index in [-0.39, 0.29) is 98.7 Å². The van der Waals surface area contributed by atoms with E-state index >= 15 is 0 Å². The normalized spacial score (nSPS) is 19.8. The molecule has 4 N–H and O–H groups in total. The van der Waals surface area contributed by atoms with Gasteiger partial charge in [-0.2, -0.15) is 13.2 Å². The van der Waals surface area contributed by atoms with E-state index in [1.54, 1.807) is 86.3 Å². The number of carboxylic acid groups (broad SMARTS) is 1. The fraction of sp³-hybridized carbons (Fsp3) is 0.468. The quantitative estimate of drug-likeness (QED) is 0.0383. The number of alkyl halides is 3. The van der Waals surface area contributed by atoms with Crippen LogP contribution in [0.5, 0.6) is 0 Å². The number of aromatic amines is 2. The third-order valence-corrected chi connectivity index (χ3v) is 24.4. The van der Waals surface area contributed by atoms with Crippen LogP contribution in [0.25, 0.3) is 44.1 Å². The predicted molar refractivity (Wildman–Crippen MR) is 416 cm³/mol. The molecule has 114 heavy (non-hydrogen) atoms. The number of piperidine rings is 4. The molecular formula is C77H94F3N20O11S2W-. The SMILES string of the molecule is CCOC(=O)C1CCCN(N(c2ncnc3c2ccn3S(=O)(=O)c2ccc(C)cc2)C2CC2)C1.CCOC(=O)C1CCCN(Nc2ncnc3c2ccn3S(=O)(=O)c2ccc(C)cc2)C1.O=C(C1CCCN(N(c2ncnc3[nH]ccc23)C2CC2)C1)C(F)(F)F.O=C(O)C1CCCN(N(c2ncnc3[nH]ccc23)C2CC2)C1.[CH3-].[W]. The Kier molecular flexibility index (Phi) is 26.5. The molecule has 3 saturated carbocycles. The molecule has 4 saturated heterocycles. The summed E-state index contributed by atoms with van der Waals surface area (Å²) in [6.07, 6.45) is 19.7. The van der Waals surface area contributed by atoms with E-state index < -0.39 is 43.9 Å². The number of carboxylic acids is 1. The minimum atomic E-state index is -4.78. The number of nitrogens with one attached hydrogen (secondary N) is 3. The average Bonchev–Trinajstić information content (AvgIpc) is 1.60. The first-order valence-corrected chi connectivity index (χ1v) is 41.0. The van der Waals surface area contributed by atoms with Gasteiger partial charge < -0.3 is 37.4 Å². The second-order valence-corrected chi connectivity index (χ2v) is 32.8. The summed E-state index contributed by atoms with van der Waals surface area (Å²) < 4.78 is 104. The van der Waals surface area contributed by atoms with E-state index in [4.69, 9.17) is 9.47 Å². The van der Waals surface area contributed by atoms with Crippen LogP contribution < -0.4 is 20.5 Å². The van der Waals surface area contributed by atoms with Crippen LogP contribution in [0, 0.1) is 44.9 Å². The maximum Gasteiger partial charge on any atom is 0.450 e. The zero-order valence-corrected chi connectivity index (χ0v) is 68.6. The van der Waals surface area contributed by atoms with Gasteiger partial charge in [-0.05, 0) is 166 Å². The van der Waals surface area contributed by atoms with Crippen molar-refractivity contribution in [3.05, 3.63) is 141 Å². The number of hydrogen-bond donors (Lipinski definition) is 4. The number of ketones is 1. The van der Waals surface area contributed by atoms with Crippen LogP contribution in [0.15, 0.2) is 133 Å². The van der Waals surface area contributed by atoms with Crippen LogP contribution >= 0.6 is 0 Å². The molecule has 2 aromatic carbocycles. The number of aromatic nitrogens is 12. The molecule has 17 rings (SSSR count). The molecule has 4 atom stereocenters. The van der Waals surface area contributed by atoms with Crippen molar-refractivity contribution in [2.24, 2.45) is 23.7 Å². The molecule has 37 heteroatoms. The van der Waals surface area contributed by atoms with Gasteiger partial charge in [0.25, 0.3) is 20.0 Å². The number of H-pyrrole nitrogens is 2. The van der Waals surface area contributed by atoms with Crippen molar-refractivity contribution in [1.29, 1.82) is 0 Å². The molecule has 0 radical (unpaired) electrons. The van der Waals surface area contributed by atoms with Gasteiger partial charge in [-0.1, -0.05) is 35.4 Å². The zero-order chi connectivity index (χ0) is 78.6. The molecule has 12 heterocycles. The molecule has 7 fully saturated rings. The van der Waals surface area contributed by atoms with Gasteiger partial charge in [-0.15, -0.1) is 0 Å². The van der Waals surface area contributed by atoms with Crippen molar-refractivity contribution < 1.29 is 84.8 Å². The zero-order valence-electron chi connectivity index (χ0n) is 64.0. The van der Waals surface area contributed by atoms with E-state index in [2.05, 4.69) is 75.3 Å². The smallest absolute Gasteiger partial charge is 0.450 e. The summed E-state index contributed by atoms with van der Waals surface area (Å²) in [6, 6.07) is 21.7. The van der Waals surface area contributed by atoms with Crippen LogP contribution in [-0.4, -0.2) is 213 Å². The number of halogens is 3. The van der Waals surface area contributed by atoms with Gasteiger partial charge >= 0.3 is 24.1 Å². The molecule has 0 bridgehead atoms. The molecule has 31 nitrogen and oxygen atoms in total. The standard InChI is InChI=1S/C24H29N5O4S.C21H25N5O4S.C16H18F3N5O.C15H19N5O2.CH3.W/c1-3-33-24(30)18-5-4-13-27(15-18)29(19-8-9-19)23-21-12-14-28(22(21)25-16-26-23)34(31,32)20-10-6-17(2)7-11-20;1-3-30-21(27)16-5-4-11-25(13-16)24-19-18-10-12-26(20(18)23-14-22-19)31(28,29)17-8-6-15(2)7-9-17;17-16(18,19)13(25)10-2-1-7-23(8-10)24(11-3-4-11)15-12-5-6-20-14(12)21-9-22-15;21-15(22)10-2-1-7-19(8-10)20(11-3-4-11)14-12-5-6-16-13(12)17-9-18-14;;/h6-7,10-12,14,16,18-19H,3-5,8-9,13,15H2,1-2H3;6-10,12,14,16H,3-5,11,13H2,1-2H3,(H,22,23,24);5-6,9-11H,1-4,7-8H2,(H,20,21,22);5-6,9-11H,1-4,7-8H2,(H,21,22)(H,16,17,18);1H3;/q;;;;-1;. The monoisotopic (exact) mass is 1780 g/mol. The first-order chi connectivity index (χ1) is 54.0. The second-order valence-electron chi connectivity index (χ2n) is 29.2. The molecule has 608 valence electrons. The van der Waals surface area contributed by atoms with Gasteiger partial charge in [0.15, 0.2) is 34.6 Å². The molecule has 0 amide bonds. The van der Waals surface area contributed by atoms with E-state index in [1.807, 2.05) is 54.1 Å². The van der Waals surface area contributed by atoms with Crippen molar-refractivity contribution in [3.8, 4) is 0 Å². The van der Waals surface area contributed by atoms with Crippen LogP contribution in [0.4, 0.5) is 36.4 Å². The molecule has 4 aliphatic heterocycles. The summed E-state index contributed by atoms with van der Waals surface area (Å²) in [4.78, 5) is 88.8. The van der Waals surface area contributed by atoms with Crippen molar-refractivity contribution in [2.75, 3.05) is 86.0 Å². The van der Waals surface area contributed by atoms with Gasteiger partial charge in [0.2, 0.25) is 5.78 Å². The average molecular weight is 1780 g/mol. The van der Waals surface area contributed by atoms with E-state index in [1.165, 1.54) is 29.2 Å². The number of hydrogen-bond acceptors (Lipinski definition) is 26. The maximum absolute atomic E-state index is 13.4. The third kappa shape index (κ3) is 18.7. The number of aliphatic carboxylic acids is 1. The summed E-state index contributed by atoms with van der Waals surface area (Å²) in [5, 5.41) is 26.9. The summed E-state index contributed by atoms with van der Waals surface area (Å²) in [5.41, 5.74) is 7.34. The first-order valence-electron chi connectivity index (χ1n) is 38.1. The molecule has 4 unspecified atom stereocenters. The Balaban J connectivity index is 0.000000141. The van der Waals surface area contributed by atoms with E-state index in [0.717, 1.165) is 134 Å². The van der Waals surface area contributed by atoms with Gasteiger partial charge in [0.05, 0.1) is 62.3 Å². The summed E-state index contributed by atoms with van der Waals surface area (Å²) in [7, 11) is -7.60. The number of rotatable bonds is 21. The minimum absolute atomic E-state index is 0. The molecule has 10 aromatic rings. The van der Waals surface area contributed by atoms with Crippen LogP contribution in [-0.2, 0) is 69.8 Å². The number of hydrazine groups is 4. The van der Waals surface area contributed by atoms with Crippen LogP contribution in [0.1, 0.15) is 115 Å². The number of carbonyl (C=O) groups is 4. The topological polar surface area (TPSA) is 355 Å². The first kappa shape index (κ1) is 83.8. The third-order valence-electron chi connectivity index (χ3n) is 21.1. The van der Waals surface area contributed by atoms with Gasteiger partial charge in [-0.3, -0.25) is 34.2 Å². The Hall–Kier alpha value is -9.58. The van der Waals surface area contributed by atoms with Gasteiger partial charge in [0, 0.05) is 122 Å². The molecule has 8 aromatic heterocycles. The second kappa shape index (κ2) is 36.1.